The van der Waals surface area contributed by atoms with Gasteiger partial charge in [-0.25, -0.2) is 0 Å². The smallest absolute Gasteiger partial charge is 0.0854 e. The predicted octanol–water partition coefficient (Wildman–Crippen LogP) is 3.48. The van der Waals surface area contributed by atoms with Gasteiger partial charge in [-0.05, 0) is 17.7 Å². The van der Waals surface area contributed by atoms with Gasteiger partial charge in [0.2, 0.25) is 0 Å². The summed E-state index contributed by atoms with van der Waals surface area (Å²) in [7, 11) is 0. The third-order valence-corrected chi connectivity index (χ3v) is 3.07. The zero-order chi connectivity index (χ0) is 11.4. The highest BCUT2D eigenvalue weighted by atomic mass is 79.9. The van der Waals surface area contributed by atoms with Gasteiger partial charge in [0.05, 0.1) is 25.4 Å². The molecule has 0 saturated carbocycles. The maximum absolute atomic E-state index is 5.75. The second-order valence-electron chi connectivity index (χ2n) is 3.85. The van der Waals surface area contributed by atoms with Crippen molar-refractivity contribution in [3.05, 3.63) is 47.0 Å². The summed E-state index contributed by atoms with van der Waals surface area (Å²) in [4.78, 5) is 0. The summed E-state index contributed by atoms with van der Waals surface area (Å²) in [5, 5.41) is 0. The Morgan fingerprint density at radius 2 is 2.19 bits per heavy atom. The molecule has 1 aliphatic rings. The van der Waals surface area contributed by atoms with E-state index in [2.05, 4.69) is 34.6 Å². The lowest BCUT2D eigenvalue weighted by molar-refractivity contribution is 0.0613. The minimum absolute atomic E-state index is 0.110. The average molecular weight is 283 g/mol. The molecule has 1 aromatic rings. The first-order valence-corrected chi connectivity index (χ1v) is 6.18. The largest absolute Gasteiger partial charge is 0.373 e. The van der Waals surface area contributed by atoms with Crippen molar-refractivity contribution in [3.8, 4) is 0 Å². The monoisotopic (exact) mass is 282 g/mol. The Labute approximate surface area is 104 Å². The molecule has 3 heteroatoms. The third kappa shape index (κ3) is 3.44. The maximum Gasteiger partial charge on any atom is 0.0854 e. The van der Waals surface area contributed by atoms with E-state index >= 15 is 0 Å². The van der Waals surface area contributed by atoms with Gasteiger partial charge in [0.25, 0.3) is 0 Å². The summed E-state index contributed by atoms with van der Waals surface area (Å²) in [5.41, 5.74) is 1.19. The van der Waals surface area contributed by atoms with Gasteiger partial charge in [0.15, 0.2) is 0 Å². The summed E-state index contributed by atoms with van der Waals surface area (Å²) < 4.78 is 12.1. The molecule has 1 aromatic carbocycles. The molecule has 0 aromatic heterocycles. The fourth-order valence-corrected chi connectivity index (χ4v) is 1.87. The fourth-order valence-electron chi connectivity index (χ4n) is 1.60. The molecule has 2 rings (SSSR count). The van der Waals surface area contributed by atoms with Crippen molar-refractivity contribution in [2.45, 2.75) is 18.6 Å². The Kier molecular flexibility index (Phi) is 4.16. The first-order valence-electron chi connectivity index (χ1n) is 5.39. The summed E-state index contributed by atoms with van der Waals surface area (Å²) in [6.07, 6.45) is 3.19. The van der Waals surface area contributed by atoms with Crippen LogP contribution in [0.15, 0.2) is 41.4 Å². The van der Waals surface area contributed by atoms with Crippen LogP contribution in [-0.4, -0.2) is 19.3 Å². The Morgan fingerprint density at radius 1 is 1.50 bits per heavy atom. The van der Waals surface area contributed by atoms with Gasteiger partial charge in [-0.2, -0.15) is 0 Å². The van der Waals surface area contributed by atoms with E-state index in [9.17, 15) is 0 Å². The molecule has 0 bridgehead atoms. The quantitative estimate of drug-likeness (QED) is 0.589. The average Bonchev–Trinajstić information content (AvgIpc) is 3.09. The van der Waals surface area contributed by atoms with Gasteiger partial charge in [-0.1, -0.05) is 34.1 Å². The van der Waals surface area contributed by atoms with Gasteiger partial charge in [-0.15, -0.1) is 6.58 Å². The van der Waals surface area contributed by atoms with Crippen LogP contribution in [0.3, 0.4) is 0 Å². The van der Waals surface area contributed by atoms with Crippen LogP contribution < -0.4 is 0 Å². The van der Waals surface area contributed by atoms with E-state index < -0.39 is 0 Å². The SMILES string of the molecule is C=CCOC(CC1CO1)c1ccc(Br)cc1. The van der Waals surface area contributed by atoms with Crippen LogP contribution in [0.25, 0.3) is 0 Å². The molecule has 0 spiro atoms. The molecule has 2 atom stereocenters. The molecule has 1 aliphatic heterocycles. The lowest BCUT2D eigenvalue weighted by Crippen LogP contribution is -2.07. The van der Waals surface area contributed by atoms with Crippen LogP contribution in [0.4, 0.5) is 0 Å². The first-order chi connectivity index (χ1) is 7.79. The Morgan fingerprint density at radius 3 is 2.75 bits per heavy atom. The Bertz CT molecular complexity index is 343. The van der Waals surface area contributed by atoms with Gasteiger partial charge in [-0.3, -0.25) is 0 Å². The van der Waals surface area contributed by atoms with Crippen LogP contribution in [-0.2, 0) is 9.47 Å². The fraction of sp³-hybridized carbons (Fsp3) is 0.385. The molecule has 0 N–H and O–H groups in total. The standard InChI is InChI=1S/C13H15BrO2/c1-2-7-15-13(8-12-9-16-12)10-3-5-11(14)6-4-10/h2-6,12-13H,1,7-9H2. The lowest BCUT2D eigenvalue weighted by atomic mass is 10.1. The zero-order valence-corrected chi connectivity index (χ0v) is 10.7. The first kappa shape index (κ1) is 11.8. The molecule has 0 amide bonds. The van der Waals surface area contributed by atoms with Crippen molar-refractivity contribution in [1.82, 2.24) is 0 Å². The van der Waals surface area contributed by atoms with Crippen LogP contribution in [0.5, 0.6) is 0 Å². The third-order valence-electron chi connectivity index (χ3n) is 2.54. The van der Waals surface area contributed by atoms with E-state index in [4.69, 9.17) is 9.47 Å². The minimum Gasteiger partial charge on any atom is -0.373 e. The van der Waals surface area contributed by atoms with Crippen molar-refractivity contribution in [2.75, 3.05) is 13.2 Å². The van der Waals surface area contributed by atoms with Crippen LogP contribution in [0.2, 0.25) is 0 Å². The van der Waals surface area contributed by atoms with E-state index in [1.54, 1.807) is 6.08 Å². The predicted molar refractivity (Wildman–Crippen MR) is 67.4 cm³/mol. The summed E-state index contributed by atoms with van der Waals surface area (Å²) in [6.45, 7) is 5.11. The minimum atomic E-state index is 0.110. The number of ether oxygens (including phenoxy) is 2. The van der Waals surface area contributed by atoms with E-state index in [-0.39, 0.29) is 6.10 Å². The van der Waals surface area contributed by atoms with E-state index in [0.29, 0.717) is 12.7 Å². The molecule has 0 radical (unpaired) electrons. The highest BCUT2D eigenvalue weighted by Crippen LogP contribution is 2.29. The van der Waals surface area contributed by atoms with Crippen molar-refractivity contribution >= 4 is 15.9 Å². The van der Waals surface area contributed by atoms with Crippen molar-refractivity contribution in [3.63, 3.8) is 0 Å². The summed E-state index contributed by atoms with van der Waals surface area (Å²) in [6, 6.07) is 8.24. The molecular weight excluding hydrogens is 268 g/mol. The van der Waals surface area contributed by atoms with E-state index in [0.717, 1.165) is 17.5 Å². The topological polar surface area (TPSA) is 21.8 Å². The van der Waals surface area contributed by atoms with Crippen molar-refractivity contribution in [2.24, 2.45) is 0 Å². The molecule has 0 aliphatic carbocycles. The van der Waals surface area contributed by atoms with Crippen molar-refractivity contribution < 1.29 is 9.47 Å². The summed E-state index contributed by atoms with van der Waals surface area (Å²) >= 11 is 3.43. The number of hydrogen-bond acceptors (Lipinski definition) is 2. The molecule has 1 saturated heterocycles. The Balaban J connectivity index is 2.03. The van der Waals surface area contributed by atoms with Crippen LogP contribution in [0, 0.1) is 0 Å². The second-order valence-corrected chi connectivity index (χ2v) is 4.77. The van der Waals surface area contributed by atoms with E-state index in [1.807, 2.05) is 12.1 Å². The molecular formula is C13H15BrO2. The van der Waals surface area contributed by atoms with Crippen LogP contribution >= 0.6 is 15.9 Å². The molecule has 16 heavy (non-hydrogen) atoms. The number of hydrogen-bond donors (Lipinski definition) is 0. The maximum atomic E-state index is 5.75. The molecule has 2 nitrogen and oxygen atoms in total. The van der Waals surface area contributed by atoms with Gasteiger partial charge in [0, 0.05) is 10.9 Å². The molecule has 1 fully saturated rings. The highest BCUT2D eigenvalue weighted by molar-refractivity contribution is 9.10. The number of epoxide rings is 1. The van der Waals surface area contributed by atoms with E-state index in [1.165, 1.54) is 5.56 Å². The van der Waals surface area contributed by atoms with Crippen molar-refractivity contribution in [1.29, 1.82) is 0 Å². The second kappa shape index (κ2) is 5.62. The van der Waals surface area contributed by atoms with Gasteiger partial charge < -0.3 is 9.47 Å². The molecule has 86 valence electrons. The number of rotatable bonds is 6. The lowest BCUT2D eigenvalue weighted by Gasteiger charge is -2.16. The van der Waals surface area contributed by atoms with Gasteiger partial charge >= 0.3 is 0 Å². The summed E-state index contributed by atoms with van der Waals surface area (Å²) in [5.74, 6) is 0. The molecule has 2 unspecified atom stereocenters. The number of benzene rings is 1. The molecule has 1 heterocycles. The van der Waals surface area contributed by atoms with Gasteiger partial charge in [0.1, 0.15) is 0 Å². The zero-order valence-electron chi connectivity index (χ0n) is 9.06. The highest BCUT2D eigenvalue weighted by Gasteiger charge is 2.27. The number of halogens is 1. The normalized spacial score (nSPS) is 20.4. The Hall–Kier alpha value is -0.640. The van der Waals surface area contributed by atoms with Crippen LogP contribution in [0.1, 0.15) is 18.1 Å².